The number of hydrogen-bond acceptors (Lipinski definition) is 4. The zero-order valence-corrected chi connectivity index (χ0v) is 18.8. The summed E-state index contributed by atoms with van der Waals surface area (Å²) in [5.41, 5.74) is 3.49. The van der Waals surface area contributed by atoms with Crippen LogP contribution in [-0.4, -0.2) is 54.3 Å². The van der Waals surface area contributed by atoms with Crippen LogP contribution < -0.4 is 0 Å². The molecule has 0 aromatic heterocycles. The SMILES string of the molecule is CC(C)c1ccc(CN2CCC3(CC2)COCCN3C(=O)OCc2ccccc2)cc1. The second kappa shape index (κ2) is 9.84. The van der Waals surface area contributed by atoms with Gasteiger partial charge in [0.05, 0.1) is 18.8 Å². The van der Waals surface area contributed by atoms with Gasteiger partial charge in [0.15, 0.2) is 0 Å². The molecule has 2 fully saturated rings. The van der Waals surface area contributed by atoms with Gasteiger partial charge in [-0.2, -0.15) is 0 Å². The highest BCUT2D eigenvalue weighted by molar-refractivity contribution is 5.69. The van der Waals surface area contributed by atoms with E-state index in [0.29, 0.717) is 32.3 Å². The van der Waals surface area contributed by atoms with Crippen molar-refractivity contribution >= 4 is 6.09 Å². The van der Waals surface area contributed by atoms with Crippen molar-refractivity contribution in [1.82, 2.24) is 9.80 Å². The van der Waals surface area contributed by atoms with Crippen LogP contribution in [0, 0.1) is 0 Å². The van der Waals surface area contributed by atoms with Gasteiger partial charge in [-0.25, -0.2) is 4.79 Å². The predicted molar refractivity (Wildman–Crippen MR) is 122 cm³/mol. The number of carbonyl (C=O) groups excluding carboxylic acids is 1. The summed E-state index contributed by atoms with van der Waals surface area (Å²) in [5, 5.41) is 0. The molecule has 0 atom stereocenters. The van der Waals surface area contributed by atoms with Gasteiger partial charge in [0.1, 0.15) is 6.61 Å². The molecule has 0 bridgehead atoms. The molecule has 2 aromatic carbocycles. The summed E-state index contributed by atoms with van der Waals surface area (Å²) in [5.74, 6) is 0.558. The number of rotatable bonds is 5. The molecule has 0 unspecified atom stereocenters. The van der Waals surface area contributed by atoms with E-state index in [9.17, 15) is 4.79 Å². The summed E-state index contributed by atoms with van der Waals surface area (Å²) in [6.07, 6.45) is 1.61. The summed E-state index contributed by atoms with van der Waals surface area (Å²) in [7, 11) is 0. The maximum absolute atomic E-state index is 12.9. The Bertz CT molecular complexity index is 843. The molecule has 166 valence electrons. The van der Waals surface area contributed by atoms with Gasteiger partial charge in [0.2, 0.25) is 0 Å². The van der Waals surface area contributed by atoms with Crippen LogP contribution in [0.15, 0.2) is 54.6 Å². The number of carbonyl (C=O) groups is 1. The first kappa shape index (κ1) is 21.8. The molecule has 0 N–H and O–H groups in total. The van der Waals surface area contributed by atoms with E-state index in [0.717, 1.165) is 38.0 Å². The standard InChI is InChI=1S/C26H34N2O3/c1-21(2)24-10-8-22(9-11-24)18-27-14-12-26(13-15-27)20-30-17-16-28(26)25(29)31-19-23-6-4-3-5-7-23/h3-11,21H,12-20H2,1-2H3. The van der Waals surface area contributed by atoms with E-state index in [2.05, 4.69) is 43.0 Å². The van der Waals surface area contributed by atoms with Crippen molar-refractivity contribution in [2.24, 2.45) is 0 Å². The Morgan fingerprint density at radius 3 is 2.39 bits per heavy atom. The molecule has 5 nitrogen and oxygen atoms in total. The van der Waals surface area contributed by atoms with Crippen molar-refractivity contribution in [3.63, 3.8) is 0 Å². The third-order valence-electron chi connectivity index (χ3n) is 6.67. The molecule has 2 aliphatic heterocycles. The fourth-order valence-corrected chi connectivity index (χ4v) is 4.62. The maximum atomic E-state index is 12.9. The molecule has 31 heavy (non-hydrogen) atoms. The first-order chi connectivity index (χ1) is 15.1. The highest BCUT2D eigenvalue weighted by Crippen LogP contribution is 2.33. The summed E-state index contributed by atoms with van der Waals surface area (Å²) in [4.78, 5) is 17.4. The lowest BCUT2D eigenvalue weighted by Crippen LogP contribution is -2.63. The topological polar surface area (TPSA) is 42.0 Å². The summed E-state index contributed by atoms with van der Waals surface area (Å²) < 4.78 is 11.5. The van der Waals surface area contributed by atoms with Crippen LogP contribution in [0.2, 0.25) is 0 Å². The molecule has 1 spiro atoms. The van der Waals surface area contributed by atoms with Gasteiger partial charge in [-0.15, -0.1) is 0 Å². The van der Waals surface area contributed by atoms with Crippen molar-refractivity contribution in [2.45, 2.75) is 51.3 Å². The van der Waals surface area contributed by atoms with Crippen molar-refractivity contribution in [3.8, 4) is 0 Å². The number of likely N-dealkylation sites (tertiary alicyclic amines) is 1. The summed E-state index contributed by atoms with van der Waals surface area (Å²) >= 11 is 0. The second-order valence-electron chi connectivity index (χ2n) is 9.14. The number of benzene rings is 2. The lowest BCUT2D eigenvalue weighted by Gasteiger charge is -2.50. The van der Waals surface area contributed by atoms with E-state index in [-0.39, 0.29) is 11.6 Å². The van der Waals surface area contributed by atoms with Gasteiger partial charge in [0, 0.05) is 26.2 Å². The van der Waals surface area contributed by atoms with Gasteiger partial charge >= 0.3 is 6.09 Å². The zero-order valence-electron chi connectivity index (χ0n) is 18.8. The molecular formula is C26H34N2O3. The quantitative estimate of drug-likeness (QED) is 0.693. The van der Waals surface area contributed by atoms with Crippen LogP contribution in [0.1, 0.15) is 49.3 Å². The van der Waals surface area contributed by atoms with Gasteiger partial charge in [-0.3, -0.25) is 9.80 Å². The molecule has 1 amide bonds. The number of amides is 1. The number of nitrogens with zero attached hydrogens (tertiary/aromatic N) is 2. The minimum absolute atomic E-state index is 0.218. The molecule has 2 heterocycles. The van der Waals surface area contributed by atoms with Crippen molar-refractivity contribution in [1.29, 1.82) is 0 Å². The van der Waals surface area contributed by atoms with Crippen LogP contribution in [0.4, 0.5) is 4.79 Å². The van der Waals surface area contributed by atoms with Gasteiger partial charge in [0.25, 0.3) is 0 Å². The van der Waals surface area contributed by atoms with Crippen molar-refractivity contribution < 1.29 is 14.3 Å². The number of hydrogen-bond donors (Lipinski definition) is 0. The first-order valence-corrected chi connectivity index (χ1v) is 11.4. The predicted octanol–water partition coefficient (Wildman–Crippen LogP) is 4.81. The third kappa shape index (κ3) is 5.28. The lowest BCUT2D eigenvalue weighted by atomic mass is 9.85. The van der Waals surface area contributed by atoms with Crippen LogP contribution in [0.3, 0.4) is 0 Å². The highest BCUT2D eigenvalue weighted by Gasteiger charge is 2.45. The van der Waals surface area contributed by atoms with Crippen LogP contribution in [-0.2, 0) is 22.6 Å². The maximum Gasteiger partial charge on any atom is 0.410 e. The minimum Gasteiger partial charge on any atom is -0.445 e. The fourth-order valence-electron chi connectivity index (χ4n) is 4.62. The minimum atomic E-state index is -0.246. The monoisotopic (exact) mass is 422 g/mol. The van der Waals surface area contributed by atoms with Crippen molar-refractivity contribution in [2.75, 3.05) is 32.8 Å². The average molecular weight is 423 g/mol. The Labute approximate surface area is 185 Å². The van der Waals surface area contributed by atoms with E-state index in [1.807, 2.05) is 35.2 Å². The van der Waals surface area contributed by atoms with E-state index < -0.39 is 0 Å². The summed E-state index contributed by atoms with van der Waals surface area (Å²) in [6, 6.07) is 18.8. The van der Waals surface area contributed by atoms with Gasteiger partial charge < -0.3 is 9.47 Å². The number of ether oxygens (including phenoxy) is 2. The van der Waals surface area contributed by atoms with E-state index in [4.69, 9.17) is 9.47 Å². The molecule has 0 saturated carbocycles. The normalized spacial score (nSPS) is 19.0. The molecule has 4 rings (SSSR count). The Hall–Kier alpha value is -2.37. The molecule has 2 aliphatic rings. The molecule has 5 heteroatoms. The molecule has 2 saturated heterocycles. The Morgan fingerprint density at radius 1 is 1.00 bits per heavy atom. The zero-order chi connectivity index (χ0) is 21.7. The van der Waals surface area contributed by atoms with Crippen LogP contribution in [0.25, 0.3) is 0 Å². The largest absolute Gasteiger partial charge is 0.445 e. The van der Waals surface area contributed by atoms with Gasteiger partial charge in [-0.1, -0.05) is 68.4 Å². The Kier molecular flexibility index (Phi) is 6.93. The second-order valence-corrected chi connectivity index (χ2v) is 9.14. The van der Waals surface area contributed by atoms with Crippen LogP contribution in [0.5, 0.6) is 0 Å². The van der Waals surface area contributed by atoms with E-state index >= 15 is 0 Å². The Balaban J connectivity index is 1.34. The smallest absolute Gasteiger partial charge is 0.410 e. The summed E-state index contributed by atoms with van der Waals surface area (Å²) in [6.45, 7) is 9.40. The van der Waals surface area contributed by atoms with Crippen molar-refractivity contribution in [3.05, 3.63) is 71.3 Å². The third-order valence-corrected chi connectivity index (χ3v) is 6.67. The first-order valence-electron chi connectivity index (χ1n) is 11.4. The van der Waals surface area contributed by atoms with E-state index in [1.54, 1.807) is 0 Å². The average Bonchev–Trinajstić information content (AvgIpc) is 2.80. The fraction of sp³-hybridized carbons (Fsp3) is 0.500. The number of morpholine rings is 1. The molecule has 2 aromatic rings. The number of piperidine rings is 1. The van der Waals surface area contributed by atoms with Crippen LogP contribution >= 0.6 is 0 Å². The Morgan fingerprint density at radius 2 is 1.71 bits per heavy atom. The molecular weight excluding hydrogens is 388 g/mol. The molecule has 0 radical (unpaired) electrons. The van der Waals surface area contributed by atoms with Gasteiger partial charge in [-0.05, 0) is 35.4 Å². The van der Waals surface area contributed by atoms with E-state index in [1.165, 1.54) is 11.1 Å². The lowest BCUT2D eigenvalue weighted by molar-refractivity contribution is -0.0871. The highest BCUT2D eigenvalue weighted by atomic mass is 16.6. The molecule has 0 aliphatic carbocycles.